The summed E-state index contributed by atoms with van der Waals surface area (Å²) in [6, 6.07) is 11.6. The number of carbonyl (C=O) groups is 1. The van der Waals surface area contributed by atoms with E-state index in [9.17, 15) is 4.79 Å². The molecule has 0 saturated heterocycles. The van der Waals surface area contributed by atoms with Gasteiger partial charge < -0.3 is 5.32 Å². The average molecular weight is 263 g/mol. The van der Waals surface area contributed by atoms with Crippen LogP contribution in [0, 0.1) is 6.92 Å². The highest BCUT2D eigenvalue weighted by atomic mass is 16.2. The molecule has 20 heavy (non-hydrogen) atoms. The molecule has 1 aliphatic heterocycles. The lowest BCUT2D eigenvalue weighted by molar-refractivity contribution is -0.115. The Hall–Kier alpha value is -2.75. The van der Waals surface area contributed by atoms with E-state index in [2.05, 4.69) is 15.3 Å². The third kappa shape index (κ3) is 2.49. The predicted octanol–water partition coefficient (Wildman–Crippen LogP) is 2.31. The summed E-state index contributed by atoms with van der Waals surface area (Å²) < 4.78 is 0. The van der Waals surface area contributed by atoms with Gasteiger partial charge in [0.15, 0.2) is 0 Å². The Morgan fingerprint density at radius 2 is 1.95 bits per heavy atom. The van der Waals surface area contributed by atoms with Gasteiger partial charge in [-0.25, -0.2) is 4.99 Å². The number of aromatic nitrogens is 1. The lowest BCUT2D eigenvalue weighted by Crippen LogP contribution is -2.24. The van der Waals surface area contributed by atoms with Crippen LogP contribution in [0.3, 0.4) is 0 Å². The number of aliphatic imine (C=N–C) groups is 1. The molecule has 98 valence electrons. The van der Waals surface area contributed by atoms with Crippen LogP contribution in [0.4, 0.5) is 0 Å². The minimum atomic E-state index is -0.182. The molecule has 2 heterocycles. The van der Waals surface area contributed by atoms with Crippen molar-refractivity contribution < 1.29 is 4.79 Å². The zero-order chi connectivity index (χ0) is 13.9. The smallest absolute Gasteiger partial charge is 0.275 e. The van der Waals surface area contributed by atoms with Crippen LogP contribution in [0.15, 0.2) is 59.5 Å². The van der Waals surface area contributed by atoms with Crippen LogP contribution in [-0.2, 0) is 4.79 Å². The van der Waals surface area contributed by atoms with E-state index in [0.29, 0.717) is 11.5 Å². The summed E-state index contributed by atoms with van der Waals surface area (Å²) in [5, 5.41) is 2.79. The molecule has 1 aliphatic rings. The number of pyridine rings is 1. The molecule has 0 bridgehead atoms. The van der Waals surface area contributed by atoms with Gasteiger partial charge in [0, 0.05) is 18.0 Å². The highest BCUT2D eigenvalue weighted by Gasteiger charge is 2.20. The molecule has 0 radical (unpaired) electrons. The van der Waals surface area contributed by atoms with Gasteiger partial charge in [0.2, 0.25) is 0 Å². The second kappa shape index (κ2) is 5.09. The van der Waals surface area contributed by atoms with Gasteiger partial charge in [0.05, 0.1) is 0 Å². The average Bonchev–Trinajstić information content (AvgIpc) is 2.81. The first-order valence-electron chi connectivity index (χ1n) is 6.31. The van der Waals surface area contributed by atoms with Crippen molar-refractivity contribution in [3.05, 3.63) is 71.2 Å². The highest BCUT2D eigenvalue weighted by Crippen LogP contribution is 2.15. The predicted molar refractivity (Wildman–Crippen MR) is 78.1 cm³/mol. The first-order valence-corrected chi connectivity index (χ1v) is 6.31. The fourth-order valence-electron chi connectivity index (χ4n) is 2.02. The Labute approximate surface area is 116 Å². The second-order valence-corrected chi connectivity index (χ2v) is 4.59. The van der Waals surface area contributed by atoms with Crippen LogP contribution in [-0.4, -0.2) is 16.7 Å². The van der Waals surface area contributed by atoms with E-state index >= 15 is 0 Å². The number of benzene rings is 1. The van der Waals surface area contributed by atoms with Gasteiger partial charge in [-0.3, -0.25) is 9.78 Å². The Bertz CT molecular complexity index is 718. The molecule has 1 aromatic carbocycles. The van der Waals surface area contributed by atoms with Gasteiger partial charge in [-0.1, -0.05) is 23.8 Å². The summed E-state index contributed by atoms with van der Waals surface area (Å²) in [7, 11) is 0. The van der Waals surface area contributed by atoms with E-state index in [0.717, 1.165) is 16.7 Å². The topological polar surface area (TPSA) is 54.4 Å². The number of amidine groups is 1. The summed E-state index contributed by atoms with van der Waals surface area (Å²) in [4.78, 5) is 20.3. The molecule has 2 aromatic rings. The summed E-state index contributed by atoms with van der Waals surface area (Å²) in [6.07, 6.45) is 5.12. The van der Waals surface area contributed by atoms with E-state index in [1.165, 1.54) is 0 Å². The molecular weight excluding hydrogens is 250 g/mol. The molecule has 0 spiro atoms. The maximum atomic E-state index is 11.9. The van der Waals surface area contributed by atoms with Gasteiger partial charge in [-0.2, -0.15) is 0 Å². The molecule has 3 rings (SSSR count). The second-order valence-electron chi connectivity index (χ2n) is 4.59. The highest BCUT2D eigenvalue weighted by molar-refractivity contribution is 6.19. The number of nitrogens with one attached hydrogen (secondary N) is 1. The zero-order valence-corrected chi connectivity index (χ0v) is 11.0. The quantitative estimate of drug-likeness (QED) is 0.845. The number of rotatable bonds is 2. The number of hydrogen-bond acceptors (Lipinski definition) is 3. The van der Waals surface area contributed by atoms with Crippen molar-refractivity contribution in [3.63, 3.8) is 0 Å². The maximum Gasteiger partial charge on any atom is 0.275 e. The lowest BCUT2D eigenvalue weighted by Gasteiger charge is -2.00. The number of aryl methyl sites for hydroxylation is 1. The zero-order valence-electron chi connectivity index (χ0n) is 11.0. The molecular formula is C16H13N3O. The first kappa shape index (κ1) is 12.3. The number of carbonyl (C=O) groups excluding carboxylic acids is 1. The molecule has 1 N–H and O–H groups in total. The molecule has 0 fully saturated rings. The standard InChI is InChI=1S/C16H13N3O/c1-11-3-2-4-13(9-11)15-18-14(16(20)19-15)10-12-5-7-17-8-6-12/h2-10H,1H3,(H,18,19,20)/b14-10+. The molecule has 0 aliphatic carbocycles. The monoisotopic (exact) mass is 263 g/mol. The van der Waals surface area contributed by atoms with Crippen molar-refractivity contribution in [1.29, 1.82) is 0 Å². The van der Waals surface area contributed by atoms with Crippen molar-refractivity contribution in [2.24, 2.45) is 4.99 Å². The number of amides is 1. The molecule has 0 saturated carbocycles. The summed E-state index contributed by atoms with van der Waals surface area (Å²) in [5.41, 5.74) is 3.36. The first-order chi connectivity index (χ1) is 9.72. The van der Waals surface area contributed by atoms with Gasteiger partial charge in [0.25, 0.3) is 5.91 Å². The fourth-order valence-corrected chi connectivity index (χ4v) is 2.02. The third-order valence-corrected chi connectivity index (χ3v) is 3.00. The Morgan fingerprint density at radius 3 is 2.70 bits per heavy atom. The van der Waals surface area contributed by atoms with Crippen LogP contribution in [0.25, 0.3) is 6.08 Å². The van der Waals surface area contributed by atoms with Gasteiger partial charge in [0.1, 0.15) is 11.5 Å². The summed E-state index contributed by atoms with van der Waals surface area (Å²) in [6.45, 7) is 2.01. The van der Waals surface area contributed by atoms with Gasteiger partial charge in [-0.05, 0) is 36.8 Å². The van der Waals surface area contributed by atoms with E-state index in [4.69, 9.17) is 0 Å². The molecule has 4 nitrogen and oxygen atoms in total. The molecule has 4 heteroatoms. The summed E-state index contributed by atoms with van der Waals surface area (Å²) in [5.74, 6) is 0.414. The van der Waals surface area contributed by atoms with E-state index in [1.54, 1.807) is 18.5 Å². The molecule has 0 atom stereocenters. The van der Waals surface area contributed by atoms with Gasteiger partial charge in [-0.15, -0.1) is 0 Å². The number of hydrogen-bond donors (Lipinski definition) is 1. The van der Waals surface area contributed by atoms with Crippen LogP contribution in [0.1, 0.15) is 16.7 Å². The Kier molecular flexibility index (Phi) is 3.13. The normalized spacial score (nSPS) is 16.1. The van der Waals surface area contributed by atoms with Crippen molar-refractivity contribution in [3.8, 4) is 0 Å². The van der Waals surface area contributed by atoms with Crippen molar-refractivity contribution >= 4 is 17.8 Å². The lowest BCUT2D eigenvalue weighted by atomic mass is 10.1. The van der Waals surface area contributed by atoms with E-state index in [1.807, 2.05) is 43.3 Å². The van der Waals surface area contributed by atoms with Crippen molar-refractivity contribution in [2.45, 2.75) is 6.92 Å². The van der Waals surface area contributed by atoms with Crippen LogP contribution in [0.2, 0.25) is 0 Å². The number of nitrogens with zero attached hydrogens (tertiary/aromatic N) is 2. The van der Waals surface area contributed by atoms with Gasteiger partial charge >= 0.3 is 0 Å². The summed E-state index contributed by atoms with van der Waals surface area (Å²) >= 11 is 0. The van der Waals surface area contributed by atoms with E-state index in [-0.39, 0.29) is 5.91 Å². The Balaban J connectivity index is 1.95. The maximum absolute atomic E-state index is 11.9. The van der Waals surface area contributed by atoms with Crippen LogP contribution in [0.5, 0.6) is 0 Å². The minimum Gasteiger partial charge on any atom is -0.305 e. The van der Waals surface area contributed by atoms with Crippen molar-refractivity contribution in [2.75, 3.05) is 0 Å². The van der Waals surface area contributed by atoms with Crippen molar-refractivity contribution in [1.82, 2.24) is 10.3 Å². The molecule has 1 aromatic heterocycles. The third-order valence-electron chi connectivity index (χ3n) is 3.00. The van der Waals surface area contributed by atoms with Crippen LogP contribution >= 0.6 is 0 Å². The SMILES string of the molecule is Cc1cccc(C2=N/C(=C/c3ccncc3)C(=O)N2)c1. The molecule has 0 unspecified atom stereocenters. The minimum absolute atomic E-state index is 0.182. The fraction of sp³-hybridized carbons (Fsp3) is 0.0625. The molecule has 1 amide bonds. The Morgan fingerprint density at radius 1 is 1.15 bits per heavy atom. The van der Waals surface area contributed by atoms with E-state index < -0.39 is 0 Å². The van der Waals surface area contributed by atoms with Crippen LogP contribution < -0.4 is 5.32 Å². The largest absolute Gasteiger partial charge is 0.305 e.